The molecule has 2 fully saturated rings. The highest BCUT2D eigenvalue weighted by Gasteiger charge is 2.49. The SMILES string of the molecule is CCNCC1(CCCSC)CC2CCC1C2. The maximum Gasteiger partial charge on any atom is 0.00105 e. The van der Waals surface area contributed by atoms with E-state index >= 15 is 0 Å². The lowest BCUT2D eigenvalue weighted by molar-refractivity contribution is 0.143. The summed E-state index contributed by atoms with van der Waals surface area (Å²) in [5, 5.41) is 3.64. The van der Waals surface area contributed by atoms with Crippen LogP contribution in [0, 0.1) is 17.3 Å². The third kappa shape index (κ3) is 2.59. The molecule has 3 unspecified atom stereocenters. The lowest BCUT2D eigenvalue weighted by Gasteiger charge is -2.38. The van der Waals surface area contributed by atoms with Gasteiger partial charge in [-0.3, -0.25) is 0 Å². The fourth-order valence-corrected chi connectivity index (χ4v) is 4.54. The van der Waals surface area contributed by atoms with Gasteiger partial charge in [0.25, 0.3) is 0 Å². The highest BCUT2D eigenvalue weighted by atomic mass is 32.2. The highest BCUT2D eigenvalue weighted by Crippen LogP contribution is 2.57. The molecule has 2 bridgehead atoms. The predicted molar refractivity (Wildman–Crippen MR) is 74.0 cm³/mol. The average molecular weight is 241 g/mol. The predicted octanol–water partition coefficient (Wildman–Crippen LogP) is 3.55. The van der Waals surface area contributed by atoms with Gasteiger partial charge >= 0.3 is 0 Å². The largest absolute Gasteiger partial charge is 0.316 e. The third-order valence-corrected chi connectivity index (χ3v) is 5.55. The van der Waals surface area contributed by atoms with Crippen molar-refractivity contribution >= 4 is 11.8 Å². The third-order valence-electron chi connectivity index (χ3n) is 4.85. The number of hydrogen-bond donors (Lipinski definition) is 1. The maximum absolute atomic E-state index is 3.64. The van der Waals surface area contributed by atoms with Crippen LogP contribution in [0.5, 0.6) is 0 Å². The lowest BCUT2D eigenvalue weighted by atomic mass is 9.70. The van der Waals surface area contributed by atoms with E-state index in [0.29, 0.717) is 5.41 Å². The van der Waals surface area contributed by atoms with Crippen LogP contribution in [0.4, 0.5) is 0 Å². The first kappa shape index (κ1) is 12.8. The quantitative estimate of drug-likeness (QED) is 0.684. The number of hydrogen-bond acceptors (Lipinski definition) is 2. The second kappa shape index (κ2) is 5.77. The van der Waals surface area contributed by atoms with Gasteiger partial charge in [0.1, 0.15) is 0 Å². The number of fused-ring (bicyclic) bond motifs is 2. The first-order chi connectivity index (χ1) is 7.80. The standard InChI is InChI=1S/C14H27NS/c1-3-15-11-14(7-4-8-16-2)10-12-5-6-13(14)9-12/h12-13,15H,3-11H2,1-2H3. The molecule has 2 saturated carbocycles. The molecular formula is C14H27NS. The number of rotatable bonds is 7. The van der Waals surface area contributed by atoms with E-state index in [0.717, 1.165) is 18.4 Å². The van der Waals surface area contributed by atoms with Crippen LogP contribution in [0.15, 0.2) is 0 Å². The summed E-state index contributed by atoms with van der Waals surface area (Å²) < 4.78 is 0. The van der Waals surface area contributed by atoms with E-state index in [4.69, 9.17) is 0 Å². The zero-order chi connectivity index (χ0) is 11.4. The van der Waals surface area contributed by atoms with Gasteiger partial charge in [-0.1, -0.05) is 13.3 Å². The lowest BCUT2D eigenvalue weighted by Crippen LogP contribution is -2.38. The van der Waals surface area contributed by atoms with Crippen molar-refractivity contribution < 1.29 is 0 Å². The van der Waals surface area contributed by atoms with Crippen LogP contribution in [-0.2, 0) is 0 Å². The Morgan fingerprint density at radius 1 is 1.38 bits per heavy atom. The van der Waals surface area contributed by atoms with Crippen molar-refractivity contribution in [2.75, 3.05) is 25.1 Å². The molecule has 94 valence electrons. The molecule has 0 aromatic heterocycles. The summed E-state index contributed by atoms with van der Waals surface area (Å²) in [6, 6.07) is 0. The minimum atomic E-state index is 0.689. The van der Waals surface area contributed by atoms with Gasteiger partial charge < -0.3 is 5.32 Å². The van der Waals surface area contributed by atoms with Gasteiger partial charge in [-0.2, -0.15) is 11.8 Å². The fraction of sp³-hybridized carbons (Fsp3) is 1.00. The van der Waals surface area contributed by atoms with E-state index in [1.54, 1.807) is 6.42 Å². The topological polar surface area (TPSA) is 12.0 Å². The van der Waals surface area contributed by atoms with Gasteiger partial charge in [-0.25, -0.2) is 0 Å². The van der Waals surface area contributed by atoms with Crippen LogP contribution in [0.3, 0.4) is 0 Å². The summed E-state index contributed by atoms with van der Waals surface area (Å²) in [6.07, 6.45) is 11.3. The van der Waals surface area contributed by atoms with Crippen molar-refractivity contribution in [1.82, 2.24) is 5.32 Å². The molecule has 1 N–H and O–H groups in total. The summed E-state index contributed by atoms with van der Waals surface area (Å²) in [6.45, 7) is 4.67. The molecular weight excluding hydrogens is 214 g/mol. The molecule has 0 aromatic carbocycles. The van der Waals surface area contributed by atoms with E-state index in [2.05, 4.69) is 18.5 Å². The normalized spacial score (nSPS) is 37.1. The van der Waals surface area contributed by atoms with E-state index in [9.17, 15) is 0 Å². The smallest absolute Gasteiger partial charge is 0.00105 e. The molecule has 1 nitrogen and oxygen atoms in total. The van der Waals surface area contributed by atoms with E-state index in [1.807, 2.05) is 11.8 Å². The van der Waals surface area contributed by atoms with Crippen LogP contribution in [-0.4, -0.2) is 25.1 Å². The van der Waals surface area contributed by atoms with Gasteiger partial charge in [-0.05, 0) is 67.9 Å². The van der Waals surface area contributed by atoms with Crippen molar-refractivity contribution in [3.8, 4) is 0 Å². The first-order valence-electron chi connectivity index (χ1n) is 7.00. The Balaban J connectivity index is 1.90. The molecule has 16 heavy (non-hydrogen) atoms. The van der Waals surface area contributed by atoms with Gasteiger partial charge in [0.05, 0.1) is 0 Å². The zero-order valence-electron chi connectivity index (χ0n) is 10.9. The molecule has 0 radical (unpaired) electrons. The van der Waals surface area contributed by atoms with Crippen molar-refractivity contribution in [3.05, 3.63) is 0 Å². The summed E-state index contributed by atoms with van der Waals surface area (Å²) in [5.41, 5.74) is 0.689. The van der Waals surface area contributed by atoms with Crippen LogP contribution < -0.4 is 5.32 Å². The Morgan fingerprint density at radius 3 is 2.81 bits per heavy atom. The number of thioether (sulfide) groups is 1. The van der Waals surface area contributed by atoms with E-state index < -0.39 is 0 Å². The number of nitrogens with one attached hydrogen (secondary N) is 1. The van der Waals surface area contributed by atoms with Gasteiger partial charge in [-0.15, -0.1) is 0 Å². The molecule has 0 aromatic rings. The van der Waals surface area contributed by atoms with Crippen molar-refractivity contribution in [1.29, 1.82) is 0 Å². The summed E-state index contributed by atoms with van der Waals surface area (Å²) in [4.78, 5) is 0. The highest BCUT2D eigenvalue weighted by molar-refractivity contribution is 7.98. The maximum atomic E-state index is 3.64. The zero-order valence-corrected chi connectivity index (χ0v) is 11.7. The van der Waals surface area contributed by atoms with E-state index in [1.165, 1.54) is 44.4 Å². The van der Waals surface area contributed by atoms with Crippen molar-refractivity contribution in [2.24, 2.45) is 17.3 Å². The van der Waals surface area contributed by atoms with Gasteiger partial charge in [0, 0.05) is 6.54 Å². The molecule has 0 amide bonds. The average Bonchev–Trinajstić information content (AvgIpc) is 2.87. The minimum Gasteiger partial charge on any atom is -0.316 e. The Hall–Kier alpha value is 0.310. The Labute approximate surface area is 105 Å². The molecule has 2 heteroatoms. The van der Waals surface area contributed by atoms with Crippen molar-refractivity contribution in [3.63, 3.8) is 0 Å². The molecule has 2 aliphatic rings. The Bertz CT molecular complexity index is 219. The van der Waals surface area contributed by atoms with Gasteiger partial charge in [0.15, 0.2) is 0 Å². The molecule has 0 saturated heterocycles. The molecule has 2 aliphatic carbocycles. The van der Waals surface area contributed by atoms with Gasteiger partial charge in [0.2, 0.25) is 0 Å². The van der Waals surface area contributed by atoms with Crippen molar-refractivity contribution in [2.45, 2.75) is 45.4 Å². The van der Waals surface area contributed by atoms with E-state index in [-0.39, 0.29) is 0 Å². The Kier molecular flexibility index (Phi) is 4.60. The molecule has 0 spiro atoms. The monoisotopic (exact) mass is 241 g/mol. The first-order valence-corrected chi connectivity index (χ1v) is 8.40. The molecule has 0 heterocycles. The second-order valence-corrected chi connectivity index (χ2v) is 6.80. The molecule has 0 aliphatic heterocycles. The fourth-order valence-electron chi connectivity index (χ4n) is 4.11. The Morgan fingerprint density at radius 2 is 2.25 bits per heavy atom. The summed E-state index contributed by atoms with van der Waals surface area (Å²) in [7, 11) is 0. The summed E-state index contributed by atoms with van der Waals surface area (Å²) in [5.74, 6) is 3.49. The summed E-state index contributed by atoms with van der Waals surface area (Å²) >= 11 is 2.01. The molecule has 2 rings (SSSR count). The van der Waals surface area contributed by atoms with Crippen LogP contribution >= 0.6 is 11.8 Å². The van der Waals surface area contributed by atoms with Crippen LogP contribution in [0.2, 0.25) is 0 Å². The minimum absolute atomic E-state index is 0.689. The van der Waals surface area contributed by atoms with Crippen LogP contribution in [0.1, 0.15) is 45.4 Å². The molecule has 3 atom stereocenters. The van der Waals surface area contributed by atoms with Crippen LogP contribution in [0.25, 0.3) is 0 Å². The second-order valence-electron chi connectivity index (χ2n) is 5.82.